The van der Waals surface area contributed by atoms with Gasteiger partial charge in [0.05, 0.1) is 12.7 Å². The third-order valence-corrected chi connectivity index (χ3v) is 4.18. The fourth-order valence-corrected chi connectivity index (χ4v) is 2.84. The van der Waals surface area contributed by atoms with Crippen LogP contribution in [-0.4, -0.2) is 25.4 Å². The Hall–Kier alpha value is -1.98. The van der Waals surface area contributed by atoms with Crippen LogP contribution in [0.2, 0.25) is 0 Å². The Labute approximate surface area is 132 Å². The number of halogens is 3. The zero-order valence-electron chi connectivity index (χ0n) is 12.9. The van der Waals surface area contributed by atoms with E-state index in [0.29, 0.717) is 5.56 Å². The van der Waals surface area contributed by atoms with Gasteiger partial charge >= 0.3 is 12.1 Å². The van der Waals surface area contributed by atoms with Crippen molar-refractivity contribution < 1.29 is 27.4 Å². The van der Waals surface area contributed by atoms with E-state index in [2.05, 4.69) is 4.74 Å². The Morgan fingerprint density at radius 2 is 2.04 bits per heavy atom. The van der Waals surface area contributed by atoms with E-state index in [-0.39, 0.29) is 11.7 Å². The summed E-state index contributed by atoms with van der Waals surface area (Å²) < 4.78 is 49.7. The van der Waals surface area contributed by atoms with Crippen molar-refractivity contribution in [1.29, 1.82) is 0 Å². The molecule has 6 heteroatoms. The van der Waals surface area contributed by atoms with E-state index in [1.54, 1.807) is 6.07 Å². The van der Waals surface area contributed by atoms with Crippen LogP contribution < -0.4 is 4.74 Å². The molecular weight excluding hydrogens is 309 g/mol. The SMILES string of the molecule is CCc1cc2c(c(C3CC3)c1)OC(C(F)(F)F)C(C(=O)OC)=C2. The molecule has 1 saturated carbocycles. The van der Waals surface area contributed by atoms with Gasteiger partial charge in [0, 0.05) is 5.56 Å². The number of fused-ring (bicyclic) bond motifs is 1. The zero-order valence-corrected chi connectivity index (χ0v) is 12.9. The van der Waals surface area contributed by atoms with Crippen LogP contribution in [0.25, 0.3) is 6.08 Å². The molecule has 23 heavy (non-hydrogen) atoms. The smallest absolute Gasteiger partial charge is 0.430 e. The molecule has 0 radical (unpaired) electrons. The van der Waals surface area contributed by atoms with Crippen molar-refractivity contribution in [2.45, 2.75) is 44.4 Å². The molecule has 124 valence electrons. The number of hydrogen-bond acceptors (Lipinski definition) is 3. The van der Waals surface area contributed by atoms with E-state index in [1.807, 2.05) is 13.0 Å². The van der Waals surface area contributed by atoms with Crippen molar-refractivity contribution in [2.24, 2.45) is 0 Å². The molecule has 1 heterocycles. The summed E-state index contributed by atoms with van der Waals surface area (Å²) in [6.07, 6.45) is -3.04. The molecule has 0 spiro atoms. The number of alkyl halides is 3. The lowest BCUT2D eigenvalue weighted by Gasteiger charge is -2.29. The highest BCUT2D eigenvalue weighted by Crippen LogP contribution is 2.49. The topological polar surface area (TPSA) is 35.5 Å². The minimum atomic E-state index is -4.68. The van der Waals surface area contributed by atoms with Crippen LogP contribution in [0.5, 0.6) is 5.75 Å². The van der Waals surface area contributed by atoms with Gasteiger partial charge in [-0.2, -0.15) is 13.2 Å². The van der Waals surface area contributed by atoms with Crippen molar-refractivity contribution in [3.63, 3.8) is 0 Å². The van der Waals surface area contributed by atoms with Crippen LogP contribution in [-0.2, 0) is 16.0 Å². The van der Waals surface area contributed by atoms with Crippen molar-refractivity contribution in [2.75, 3.05) is 7.11 Å². The first-order chi connectivity index (χ1) is 10.8. The van der Waals surface area contributed by atoms with Gasteiger partial charge in [-0.05, 0) is 48.4 Å². The molecule has 2 aliphatic rings. The van der Waals surface area contributed by atoms with Crippen LogP contribution in [0.1, 0.15) is 42.4 Å². The molecule has 1 aliphatic heterocycles. The van der Waals surface area contributed by atoms with E-state index < -0.39 is 23.8 Å². The maximum atomic E-state index is 13.3. The summed E-state index contributed by atoms with van der Waals surface area (Å²) in [6.45, 7) is 1.98. The first-order valence-electron chi connectivity index (χ1n) is 7.55. The monoisotopic (exact) mass is 326 g/mol. The Balaban J connectivity index is 2.15. The van der Waals surface area contributed by atoms with Crippen LogP contribution in [0, 0.1) is 0 Å². The molecule has 0 bridgehead atoms. The number of carbonyl (C=O) groups excluding carboxylic acids is 1. The zero-order chi connectivity index (χ0) is 16.8. The average Bonchev–Trinajstić information content (AvgIpc) is 3.35. The van der Waals surface area contributed by atoms with Crippen LogP contribution in [0.4, 0.5) is 13.2 Å². The van der Waals surface area contributed by atoms with Gasteiger partial charge in [0.2, 0.25) is 6.10 Å². The van der Waals surface area contributed by atoms with E-state index in [4.69, 9.17) is 4.74 Å². The second-order valence-corrected chi connectivity index (χ2v) is 5.86. The normalized spacial score (nSPS) is 20.4. The molecular formula is C17H17F3O3. The fraction of sp³-hybridized carbons (Fsp3) is 0.471. The van der Waals surface area contributed by atoms with Gasteiger partial charge in [-0.15, -0.1) is 0 Å². The number of methoxy groups -OCH3 is 1. The number of aryl methyl sites for hydroxylation is 1. The minimum absolute atomic E-state index is 0.247. The number of rotatable bonds is 3. The predicted octanol–water partition coefficient (Wildman–Crippen LogP) is 4.01. The maximum absolute atomic E-state index is 13.3. The Morgan fingerprint density at radius 3 is 2.57 bits per heavy atom. The quantitative estimate of drug-likeness (QED) is 0.788. The fourth-order valence-electron chi connectivity index (χ4n) is 2.84. The van der Waals surface area contributed by atoms with Gasteiger partial charge in [0.25, 0.3) is 0 Å². The number of benzene rings is 1. The van der Waals surface area contributed by atoms with Gasteiger partial charge < -0.3 is 9.47 Å². The van der Waals surface area contributed by atoms with Crippen LogP contribution in [0.3, 0.4) is 0 Å². The standard InChI is InChI=1S/C17H17F3O3/c1-3-9-6-11-8-13(16(21)22-2)15(17(18,19)20)23-14(11)12(7-9)10-4-5-10/h6-8,10,15H,3-5H2,1-2H3. The maximum Gasteiger partial charge on any atom is 0.430 e. The summed E-state index contributed by atoms with van der Waals surface area (Å²) in [7, 11) is 1.06. The first kappa shape index (κ1) is 15.9. The summed E-state index contributed by atoms with van der Waals surface area (Å²) in [5, 5.41) is 0. The van der Waals surface area contributed by atoms with Gasteiger partial charge in [0.1, 0.15) is 5.75 Å². The highest BCUT2D eigenvalue weighted by molar-refractivity contribution is 5.96. The van der Waals surface area contributed by atoms with E-state index in [1.165, 1.54) is 6.08 Å². The summed E-state index contributed by atoms with van der Waals surface area (Å²) in [5.74, 6) is -0.523. The van der Waals surface area contributed by atoms with Gasteiger partial charge in [-0.1, -0.05) is 13.0 Å². The van der Waals surface area contributed by atoms with Crippen LogP contribution >= 0.6 is 0 Å². The third kappa shape index (κ3) is 2.94. The summed E-state index contributed by atoms with van der Waals surface area (Å²) >= 11 is 0. The average molecular weight is 326 g/mol. The first-order valence-corrected chi connectivity index (χ1v) is 7.55. The number of hydrogen-bond donors (Lipinski definition) is 0. The summed E-state index contributed by atoms with van der Waals surface area (Å²) in [5.41, 5.74) is 1.84. The molecule has 1 unspecified atom stereocenters. The second kappa shape index (κ2) is 5.58. The molecule has 1 aromatic carbocycles. The van der Waals surface area contributed by atoms with Crippen molar-refractivity contribution in [3.05, 3.63) is 34.4 Å². The van der Waals surface area contributed by atoms with Crippen molar-refractivity contribution >= 4 is 12.0 Å². The second-order valence-electron chi connectivity index (χ2n) is 5.86. The Bertz CT molecular complexity index is 672. The van der Waals surface area contributed by atoms with E-state index in [0.717, 1.165) is 37.5 Å². The van der Waals surface area contributed by atoms with Crippen molar-refractivity contribution in [3.8, 4) is 5.75 Å². The van der Waals surface area contributed by atoms with Crippen LogP contribution in [0.15, 0.2) is 17.7 Å². The molecule has 0 saturated heterocycles. The highest BCUT2D eigenvalue weighted by Gasteiger charge is 2.49. The number of ether oxygens (including phenoxy) is 2. The highest BCUT2D eigenvalue weighted by atomic mass is 19.4. The molecule has 0 amide bonds. The Morgan fingerprint density at radius 1 is 1.35 bits per heavy atom. The lowest BCUT2D eigenvalue weighted by molar-refractivity contribution is -0.187. The lowest BCUT2D eigenvalue weighted by atomic mass is 9.94. The largest absolute Gasteiger partial charge is 0.475 e. The van der Waals surface area contributed by atoms with E-state index in [9.17, 15) is 18.0 Å². The molecule has 1 fully saturated rings. The predicted molar refractivity (Wildman–Crippen MR) is 78.3 cm³/mol. The molecule has 1 atom stereocenters. The van der Waals surface area contributed by atoms with Gasteiger partial charge in [-0.25, -0.2) is 4.79 Å². The summed E-state index contributed by atoms with van der Waals surface area (Å²) in [6, 6.07) is 3.69. The summed E-state index contributed by atoms with van der Waals surface area (Å²) in [4.78, 5) is 11.7. The molecule has 0 aromatic heterocycles. The molecule has 1 aliphatic carbocycles. The Kier molecular flexibility index (Phi) is 3.86. The van der Waals surface area contributed by atoms with Gasteiger partial charge in [0.15, 0.2) is 0 Å². The minimum Gasteiger partial charge on any atom is -0.475 e. The molecule has 1 aromatic rings. The lowest BCUT2D eigenvalue weighted by Crippen LogP contribution is -2.40. The molecule has 3 rings (SSSR count). The number of esters is 1. The van der Waals surface area contributed by atoms with Crippen molar-refractivity contribution in [1.82, 2.24) is 0 Å². The van der Waals surface area contributed by atoms with E-state index >= 15 is 0 Å². The number of carbonyl (C=O) groups is 1. The third-order valence-electron chi connectivity index (χ3n) is 4.18. The molecule has 3 nitrogen and oxygen atoms in total. The van der Waals surface area contributed by atoms with Gasteiger partial charge in [-0.3, -0.25) is 0 Å². The molecule has 0 N–H and O–H groups in total.